The van der Waals surface area contributed by atoms with E-state index in [0.717, 1.165) is 82.1 Å². The highest BCUT2D eigenvalue weighted by Crippen LogP contribution is 2.30. The van der Waals surface area contributed by atoms with Crippen molar-refractivity contribution in [1.29, 1.82) is 0 Å². The summed E-state index contributed by atoms with van der Waals surface area (Å²) < 4.78 is 11.1. The van der Waals surface area contributed by atoms with Crippen molar-refractivity contribution in [3.8, 4) is 11.8 Å². The van der Waals surface area contributed by atoms with Gasteiger partial charge in [0.1, 0.15) is 0 Å². The molecule has 0 radical (unpaired) electrons. The number of hydrogen-bond acceptors (Lipinski definition) is 6. The molecule has 3 atom stereocenters. The summed E-state index contributed by atoms with van der Waals surface area (Å²) in [5.41, 5.74) is 3.47. The smallest absolute Gasteiger partial charge is 0.251 e. The van der Waals surface area contributed by atoms with Crippen LogP contribution in [0, 0.1) is 30.6 Å². The van der Waals surface area contributed by atoms with Crippen LogP contribution in [0.25, 0.3) is 0 Å². The third-order valence-corrected chi connectivity index (χ3v) is 8.17. The number of benzene rings is 1. The highest BCUT2D eigenvalue weighted by Gasteiger charge is 2.32. The van der Waals surface area contributed by atoms with Gasteiger partial charge in [-0.05, 0) is 63.6 Å². The van der Waals surface area contributed by atoms with Crippen LogP contribution in [0.4, 0.5) is 5.69 Å². The number of amides is 2. The van der Waals surface area contributed by atoms with Crippen molar-refractivity contribution in [2.24, 2.45) is 11.8 Å². The highest BCUT2D eigenvalue weighted by molar-refractivity contribution is 5.98. The number of piperidine rings is 1. The van der Waals surface area contributed by atoms with Gasteiger partial charge in [0.25, 0.3) is 5.91 Å². The molecule has 3 heterocycles. The lowest BCUT2D eigenvalue weighted by atomic mass is 9.84. The molecule has 2 N–H and O–H groups in total. The van der Waals surface area contributed by atoms with Gasteiger partial charge in [-0.1, -0.05) is 18.8 Å². The molecule has 3 saturated heterocycles. The number of anilines is 1. The fraction of sp³-hybridized carbons (Fsp3) is 0.667. The summed E-state index contributed by atoms with van der Waals surface area (Å²) in [6.45, 7) is 14.9. The Morgan fingerprint density at radius 3 is 2.55 bits per heavy atom. The second-order valence-electron chi connectivity index (χ2n) is 10.9. The van der Waals surface area contributed by atoms with E-state index in [1.807, 2.05) is 19.9 Å². The van der Waals surface area contributed by atoms with Gasteiger partial charge in [-0.15, -0.1) is 0 Å². The average Bonchev–Trinajstić information content (AvgIpc) is 2.91. The lowest BCUT2D eigenvalue weighted by molar-refractivity contribution is -0.129. The molecule has 1 aromatic rings. The second kappa shape index (κ2) is 13.5. The number of rotatable bonds is 7. The minimum atomic E-state index is -0.221. The van der Waals surface area contributed by atoms with E-state index in [0.29, 0.717) is 24.7 Å². The molecule has 3 aliphatic heterocycles. The second-order valence-corrected chi connectivity index (χ2v) is 10.9. The molecule has 38 heavy (non-hydrogen) atoms. The first kappa shape index (κ1) is 28.4. The number of carbonyl (C=O) groups excluding carboxylic acids is 2. The van der Waals surface area contributed by atoms with Gasteiger partial charge in [-0.25, -0.2) is 0 Å². The fourth-order valence-electron chi connectivity index (χ4n) is 5.92. The Kier molecular flexibility index (Phi) is 10.1. The van der Waals surface area contributed by atoms with Crippen molar-refractivity contribution >= 4 is 17.5 Å². The summed E-state index contributed by atoms with van der Waals surface area (Å²) >= 11 is 0. The molecule has 3 unspecified atom stereocenters. The quantitative estimate of drug-likeness (QED) is 0.534. The first-order valence-electron chi connectivity index (χ1n) is 14.2. The first-order valence-corrected chi connectivity index (χ1v) is 14.2. The van der Waals surface area contributed by atoms with Gasteiger partial charge in [0, 0.05) is 68.3 Å². The van der Waals surface area contributed by atoms with E-state index in [1.54, 1.807) is 0 Å². The van der Waals surface area contributed by atoms with Gasteiger partial charge in [0.05, 0.1) is 25.7 Å². The van der Waals surface area contributed by atoms with Crippen LogP contribution in [0.1, 0.15) is 61.5 Å². The molecule has 0 aromatic heterocycles. The molecular formula is C30H44N4O4. The number of morpholine rings is 1. The molecule has 0 bridgehead atoms. The lowest BCUT2D eigenvalue weighted by Crippen LogP contribution is -2.50. The maximum atomic E-state index is 13.5. The van der Waals surface area contributed by atoms with E-state index in [-0.39, 0.29) is 29.7 Å². The van der Waals surface area contributed by atoms with Crippen molar-refractivity contribution in [2.45, 2.75) is 59.0 Å². The predicted molar refractivity (Wildman–Crippen MR) is 149 cm³/mol. The summed E-state index contributed by atoms with van der Waals surface area (Å²) in [6, 6.07) is 4.58. The van der Waals surface area contributed by atoms with Crippen molar-refractivity contribution in [3.63, 3.8) is 0 Å². The Morgan fingerprint density at radius 2 is 1.87 bits per heavy atom. The van der Waals surface area contributed by atoms with E-state index in [9.17, 15) is 9.59 Å². The van der Waals surface area contributed by atoms with E-state index in [1.165, 1.54) is 0 Å². The van der Waals surface area contributed by atoms with Crippen LogP contribution in [0.15, 0.2) is 12.1 Å². The molecule has 0 spiro atoms. The minimum Gasteiger partial charge on any atom is -0.381 e. The summed E-state index contributed by atoms with van der Waals surface area (Å²) in [5, 5.41) is 6.10. The van der Waals surface area contributed by atoms with Gasteiger partial charge in [-0.2, -0.15) is 0 Å². The zero-order chi connectivity index (χ0) is 27.1. The van der Waals surface area contributed by atoms with Crippen molar-refractivity contribution in [1.82, 2.24) is 15.5 Å². The van der Waals surface area contributed by atoms with E-state index < -0.39 is 0 Å². The predicted octanol–water partition coefficient (Wildman–Crippen LogP) is 2.57. The Bertz CT molecular complexity index is 1040. The van der Waals surface area contributed by atoms with Gasteiger partial charge in [-0.3, -0.25) is 14.5 Å². The zero-order valence-corrected chi connectivity index (χ0v) is 23.5. The van der Waals surface area contributed by atoms with Crippen LogP contribution in [-0.4, -0.2) is 87.9 Å². The molecule has 8 heteroatoms. The fourth-order valence-corrected chi connectivity index (χ4v) is 5.92. The maximum Gasteiger partial charge on any atom is 0.251 e. The first-order chi connectivity index (χ1) is 18.4. The molecule has 0 saturated carbocycles. The van der Waals surface area contributed by atoms with Crippen LogP contribution in [0.2, 0.25) is 0 Å². The molecule has 8 nitrogen and oxygen atoms in total. The van der Waals surface area contributed by atoms with Crippen LogP contribution >= 0.6 is 0 Å². The molecule has 208 valence electrons. The Morgan fingerprint density at radius 1 is 1.16 bits per heavy atom. The number of nitrogens with zero attached hydrogens (tertiary/aromatic N) is 2. The number of ether oxygens (including phenoxy) is 2. The molecule has 4 rings (SSSR count). The number of hydrogen-bond donors (Lipinski definition) is 2. The van der Waals surface area contributed by atoms with Crippen LogP contribution < -0.4 is 15.5 Å². The molecule has 3 aliphatic rings. The van der Waals surface area contributed by atoms with Crippen molar-refractivity contribution in [2.75, 3.05) is 64.1 Å². The molecule has 2 amide bonds. The van der Waals surface area contributed by atoms with Crippen molar-refractivity contribution in [3.05, 3.63) is 28.8 Å². The third kappa shape index (κ3) is 7.07. The normalized spacial score (nSPS) is 24.7. The van der Waals surface area contributed by atoms with E-state index in [4.69, 9.17) is 9.47 Å². The van der Waals surface area contributed by atoms with Gasteiger partial charge in [0.2, 0.25) is 5.91 Å². The van der Waals surface area contributed by atoms with Crippen LogP contribution in [0.5, 0.6) is 0 Å². The summed E-state index contributed by atoms with van der Waals surface area (Å²) in [5.74, 6) is 6.52. The zero-order valence-electron chi connectivity index (χ0n) is 23.5. The van der Waals surface area contributed by atoms with Crippen LogP contribution in [0.3, 0.4) is 0 Å². The van der Waals surface area contributed by atoms with Crippen LogP contribution in [-0.2, 0) is 14.3 Å². The lowest BCUT2D eigenvalue weighted by Gasteiger charge is -2.36. The highest BCUT2D eigenvalue weighted by atomic mass is 16.5. The standard InChI is InChI=1S/C30H44N4O4/c1-5-34(25-8-13-37-14-9-25)28-19-24(7-6-10-33-11-15-38-16-12-33)18-26(23(28)4)29(35)31-20-27-21(2)17-22(3)32-30(27)36/h18-19,21-22,25,27H,5,8-17,20H2,1-4H3,(H,31,35)(H,32,36). The molecule has 1 aromatic carbocycles. The molecular weight excluding hydrogens is 480 g/mol. The Hall–Kier alpha value is -2.60. The number of carbonyl (C=O) groups is 2. The topological polar surface area (TPSA) is 83.1 Å². The number of nitrogens with one attached hydrogen (secondary N) is 2. The molecule has 0 aliphatic carbocycles. The van der Waals surface area contributed by atoms with Crippen molar-refractivity contribution < 1.29 is 19.1 Å². The third-order valence-electron chi connectivity index (χ3n) is 8.17. The summed E-state index contributed by atoms with van der Waals surface area (Å²) in [6.07, 6.45) is 2.85. The minimum absolute atomic E-state index is 0.0216. The summed E-state index contributed by atoms with van der Waals surface area (Å²) in [7, 11) is 0. The van der Waals surface area contributed by atoms with Gasteiger partial charge < -0.3 is 25.0 Å². The van der Waals surface area contributed by atoms with Gasteiger partial charge >= 0.3 is 0 Å². The summed E-state index contributed by atoms with van der Waals surface area (Å²) in [4.78, 5) is 30.8. The molecule has 3 fully saturated rings. The van der Waals surface area contributed by atoms with E-state index >= 15 is 0 Å². The monoisotopic (exact) mass is 524 g/mol. The van der Waals surface area contributed by atoms with Gasteiger partial charge in [0.15, 0.2) is 0 Å². The average molecular weight is 525 g/mol. The largest absolute Gasteiger partial charge is 0.381 e. The maximum absolute atomic E-state index is 13.5. The van der Waals surface area contributed by atoms with E-state index in [2.05, 4.69) is 52.2 Å². The Labute approximate surface area is 227 Å². The SMILES string of the molecule is CCN(c1cc(C#CCN2CCOCC2)cc(C(=O)NCC2C(=O)NC(C)CC2C)c1C)C1CCOCC1. The Balaban J connectivity index is 1.58.